The number of ether oxygens (including phenoxy) is 1. The highest BCUT2D eigenvalue weighted by molar-refractivity contribution is 5.87. The number of esters is 1. The number of hydrogen-bond acceptors (Lipinski definition) is 3. The third-order valence-electron chi connectivity index (χ3n) is 3.95. The molecule has 0 aromatic rings. The number of rotatable bonds is 6. The van der Waals surface area contributed by atoms with Gasteiger partial charge < -0.3 is 9.64 Å². The normalized spacial score (nSPS) is 29.2. The quantitative estimate of drug-likeness (QED) is 0.410. The second-order valence-electron chi connectivity index (χ2n) is 5.29. The van der Waals surface area contributed by atoms with Crippen LogP contribution in [0.2, 0.25) is 0 Å². The van der Waals surface area contributed by atoms with Crippen LogP contribution in [-0.2, 0) is 14.3 Å². The van der Waals surface area contributed by atoms with Gasteiger partial charge in [0.1, 0.15) is 6.10 Å². The van der Waals surface area contributed by atoms with Crippen LogP contribution in [0.1, 0.15) is 32.1 Å². The Bertz CT molecular complexity index is 353. The molecule has 3 atom stereocenters. The van der Waals surface area contributed by atoms with Gasteiger partial charge in [-0.25, -0.2) is 0 Å². The molecule has 1 amide bonds. The Morgan fingerprint density at radius 3 is 2.89 bits per heavy atom. The second-order valence-corrected chi connectivity index (χ2v) is 5.29. The minimum atomic E-state index is -0.182. The van der Waals surface area contributed by atoms with Gasteiger partial charge in [0.15, 0.2) is 0 Å². The van der Waals surface area contributed by atoms with Crippen LogP contribution in [0.3, 0.4) is 0 Å². The van der Waals surface area contributed by atoms with Crippen molar-refractivity contribution >= 4 is 11.9 Å². The number of hydrogen-bond donors (Lipinski definition) is 0. The lowest BCUT2D eigenvalue weighted by molar-refractivity contribution is -0.155. The van der Waals surface area contributed by atoms with Crippen LogP contribution in [0, 0.1) is 11.8 Å². The van der Waals surface area contributed by atoms with Gasteiger partial charge in [0.05, 0.1) is 11.8 Å². The van der Waals surface area contributed by atoms with E-state index >= 15 is 0 Å². The second kappa shape index (κ2) is 5.55. The lowest BCUT2D eigenvalue weighted by Gasteiger charge is -2.25. The molecule has 2 rings (SSSR count). The van der Waals surface area contributed by atoms with Gasteiger partial charge in [-0.3, -0.25) is 9.59 Å². The fraction of sp³-hybridized carbons (Fsp3) is 0.714. The van der Waals surface area contributed by atoms with Crippen LogP contribution in [0.4, 0.5) is 0 Å². The highest BCUT2D eigenvalue weighted by Crippen LogP contribution is 2.41. The van der Waals surface area contributed by atoms with Crippen molar-refractivity contribution in [3.63, 3.8) is 0 Å². The van der Waals surface area contributed by atoms with E-state index in [9.17, 15) is 9.59 Å². The molecule has 0 aromatic carbocycles. The summed E-state index contributed by atoms with van der Waals surface area (Å²) >= 11 is 0. The van der Waals surface area contributed by atoms with E-state index in [4.69, 9.17) is 4.74 Å². The summed E-state index contributed by atoms with van der Waals surface area (Å²) in [6.07, 6.45) is 6.37. The summed E-state index contributed by atoms with van der Waals surface area (Å²) < 4.78 is 5.11. The molecule has 1 saturated heterocycles. The minimum Gasteiger partial charge on any atom is -0.462 e. The molecule has 0 N–H and O–H groups in total. The first-order chi connectivity index (χ1) is 8.63. The fourth-order valence-electron chi connectivity index (χ4n) is 2.90. The first kappa shape index (κ1) is 13.1. The molecule has 0 aromatic heterocycles. The zero-order valence-corrected chi connectivity index (χ0v) is 10.9. The van der Waals surface area contributed by atoms with E-state index in [1.165, 1.54) is 0 Å². The molecule has 1 aliphatic carbocycles. The van der Waals surface area contributed by atoms with Gasteiger partial charge in [0.25, 0.3) is 0 Å². The van der Waals surface area contributed by atoms with Gasteiger partial charge in [-0.15, -0.1) is 6.58 Å². The fourth-order valence-corrected chi connectivity index (χ4v) is 2.90. The molecule has 1 heterocycles. The van der Waals surface area contributed by atoms with Gasteiger partial charge in [0.2, 0.25) is 5.91 Å². The largest absolute Gasteiger partial charge is 0.462 e. The Morgan fingerprint density at radius 2 is 2.28 bits per heavy atom. The van der Waals surface area contributed by atoms with Crippen molar-refractivity contribution in [2.24, 2.45) is 11.8 Å². The molecule has 1 saturated carbocycles. The first-order valence-corrected chi connectivity index (χ1v) is 6.70. The lowest BCUT2D eigenvalue weighted by Crippen LogP contribution is -2.39. The van der Waals surface area contributed by atoms with Crippen LogP contribution in [0.15, 0.2) is 12.7 Å². The number of allylic oxidation sites excluding steroid dienone is 1. The third kappa shape index (κ3) is 2.57. The Morgan fingerprint density at radius 1 is 1.50 bits per heavy atom. The van der Waals surface area contributed by atoms with Crippen LogP contribution in [0.5, 0.6) is 0 Å². The van der Waals surface area contributed by atoms with Crippen molar-refractivity contribution < 1.29 is 14.3 Å². The zero-order valence-electron chi connectivity index (χ0n) is 10.9. The van der Waals surface area contributed by atoms with Crippen LogP contribution < -0.4 is 0 Å². The maximum atomic E-state index is 12.2. The Labute approximate surface area is 108 Å². The Kier molecular flexibility index (Phi) is 4.04. The molecule has 4 nitrogen and oxygen atoms in total. The van der Waals surface area contributed by atoms with Gasteiger partial charge in [-0.2, -0.15) is 0 Å². The van der Waals surface area contributed by atoms with Crippen molar-refractivity contribution in [2.75, 3.05) is 13.6 Å². The van der Waals surface area contributed by atoms with Gasteiger partial charge in [0, 0.05) is 13.6 Å². The molecule has 4 heteroatoms. The van der Waals surface area contributed by atoms with E-state index < -0.39 is 0 Å². The molecule has 0 spiro atoms. The van der Waals surface area contributed by atoms with E-state index in [-0.39, 0.29) is 29.8 Å². The van der Waals surface area contributed by atoms with Gasteiger partial charge in [-0.1, -0.05) is 6.08 Å². The summed E-state index contributed by atoms with van der Waals surface area (Å²) in [6, 6.07) is 0. The van der Waals surface area contributed by atoms with Crippen LogP contribution in [-0.4, -0.2) is 36.5 Å². The number of fused-ring (bicyclic) bond motifs is 2. The Balaban J connectivity index is 1.80. The molecular formula is C14H21NO3. The standard InChI is InChI=1S/C14H21NO3/c1-3-4-5-6-7-15(2)13(16)11-8-10-9-12(11)14(17)18-10/h3,10-12H,1,4-9H2,2H3. The molecule has 2 fully saturated rings. The number of carbonyl (C=O) groups is 2. The predicted molar refractivity (Wildman–Crippen MR) is 67.8 cm³/mol. The van der Waals surface area contributed by atoms with Gasteiger partial charge >= 0.3 is 5.97 Å². The number of unbranched alkanes of at least 4 members (excludes halogenated alkanes) is 2. The van der Waals surface area contributed by atoms with Crippen LogP contribution >= 0.6 is 0 Å². The summed E-state index contributed by atoms with van der Waals surface area (Å²) in [7, 11) is 1.83. The minimum absolute atomic E-state index is 0.00869. The van der Waals surface area contributed by atoms with Crippen molar-refractivity contribution in [1.29, 1.82) is 0 Å². The number of nitrogens with zero attached hydrogens (tertiary/aromatic N) is 1. The SMILES string of the molecule is C=CCCCCN(C)C(=O)C1CC2CC1C(=O)O2. The number of carbonyl (C=O) groups excluding carboxylic acids is 2. The van der Waals surface area contributed by atoms with E-state index in [0.29, 0.717) is 6.42 Å². The smallest absolute Gasteiger partial charge is 0.310 e. The van der Waals surface area contributed by atoms with E-state index in [1.807, 2.05) is 13.1 Å². The molecule has 100 valence electrons. The molecule has 1 aliphatic heterocycles. The molecule has 2 aliphatic rings. The topological polar surface area (TPSA) is 46.6 Å². The number of amides is 1. The summed E-state index contributed by atoms with van der Waals surface area (Å²) in [5.74, 6) is -0.388. The van der Waals surface area contributed by atoms with Gasteiger partial charge in [-0.05, 0) is 32.1 Å². The molecular weight excluding hydrogens is 230 g/mol. The average molecular weight is 251 g/mol. The molecule has 3 unspecified atom stereocenters. The lowest BCUT2D eigenvalue weighted by atomic mass is 9.94. The van der Waals surface area contributed by atoms with Crippen molar-refractivity contribution in [2.45, 2.75) is 38.2 Å². The molecule has 2 bridgehead atoms. The summed E-state index contributed by atoms with van der Waals surface area (Å²) in [5.41, 5.74) is 0. The monoisotopic (exact) mass is 251 g/mol. The maximum Gasteiger partial charge on any atom is 0.310 e. The summed E-state index contributed by atoms with van der Waals surface area (Å²) in [4.78, 5) is 25.5. The van der Waals surface area contributed by atoms with E-state index in [0.717, 1.165) is 32.2 Å². The van der Waals surface area contributed by atoms with Crippen molar-refractivity contribution in [3.8, 4) is 0 Å². The maximum absolute atomic E-state index is 12.2. The van der Waals surface area contributed by atoms with Crippen LogP contribution in [0.25, 0.3) is 0 Å². The molecule has 18 heavy (non-hydrogen) atoms. The van der Waals surface area contributed by atoms with Crippen molar-refractivity contribution in [1.82, 2.24) is 4.90 Å². The highest BCUT2D eigenvalue weighted by atomic mass is 16.6. The average Bonchev–Trinajstić information content (AvgIpc) is 2.92. The first-order valence-electron chi connectivity index (χ1n) is 6.70. The highest BCUT2D eigenvalue weighted by Gasteiger charge is 2.51. The zero-order chi connectivity index (χ0) is 13.1. The van der Waals surface area contributed by atoms with Crippen molar-refractivity contribution in [3.05, 3.63) is 12.7 Å². The van der Waals surface area contributed by atoms with E-state index in [1.54, 1.807) is 4.90 Å². The summed E-state index contributed by atoms with van der Waals surface area (Å²) in [5, 5.41) is 0. The predicted octanol–water partition coefficient (Wildman–Crippen LogP) is 1.75. The third-order valence-corrected chi connectivity index (χ3v) is 3.95. The summed E-state index contributed by atoms with van der Waals surface area (Å²) in [6.45, 7) is 4.44. The Hall–Kier alpha value is -1.32. The molecule has 0 radical (unpaired) electrons. The van der Waals surface area contributed by atoms with E-state index in [2.05, 4.69) is 6.58 Å².